The molecule has 0 bridgehead atoms. The van der Waals surface area contributed by atoms with Crippen LogP contribution < -0.4 is 16.4 Å². The smallest absolute Gasteiger partial charge is 0.219 e. The second-order valence-corrected chi connectivity index (χ2v) is 9.42. The van der Waals surface area contributed by atoms with Crippen molar-refractivity contribution in [2.24, 2.45) is 0 Å². The molecule has 4 aromatic rings. The van der Waals surface area contributed by atoms with Crippen molar-refractivity contribution in [1.29, 1.82) is 0 Å². The van der Waals surface area contributed by atoms with Crippen molar-refractivity contribution in [3.05, 3.63) is 89.7 Å². The molecular formula is C30H44N8O. The minimum absolute atomic E-state index is 0.0566. The first-order valence-corrected chi connectivity index (χ1v) is 13.3. The molecule has 0 fully saturated rings. The highest BCUT2D eigenvalue weighted by Crippen LogP contribution is 2.29. The molecule has 0 aliphatic carbocycles. The van der Waals surface area contributed by atoms with Gasteiger partial charge in [-0.1, -0.05) is 36.4 Å². The molecule has 4 N–H and O–H groups in total. The first-order valence-electron chi connectivity index (χ1n) is 13.3. The van der Waals surface area contributed by atoms with Gasteiger partial charge in [0.2, 0.25) is 5.91 Å². The Kier molecular flexibility index (Phi) is 12.9. The van der Waals surface area contributed by atoms with E-state index in [1.54, 1.807) is 13.1 Å². The first kappa shape index (κ1) is 31.2. The Morgan fingerprint density at radius 2 is 1.79 bits per heavy atom. The topological polar surface area (TPSA) is 115 Å². The van der Waals surface area contributed by atoms with Gasteiger partial charge in [0, 0.05) is 30.8 Å². The molecule has 1 amide bonds. The lowest BCUT2D eigenvalue weighted by atomic mass is 9.95. The fourth-order valence-corrected chi connectivity index (χ4v) is 4.22. The maximum absolute atomic E-state index is 11.6. The number of fused-ring (bicyclic) bond motifs is 1. The van der Waals surface area contributed by atoms with Crippen molar-refractivity contribution >= 4 is 17.2 Å². The van der Waals surface area contributed by atoms with Gasteiger partial charge in [-0.2, -0.15) is 10.2 Å². The second kappa shape index (κ2) is 16.1. The maximum Gasteiger partial charge on any atom is 0.219 e. The summed E-state index contributed by atoms with van der Waals surface area (Å²) in [5.41, 5.74) is 12.7. The fraction of sp³-hybridized carbons (Fsp3) is 0.400. The summed E-state index contributed by atoms with van der Waals surface area (Å²) in [6.07, 6.45) is 7.34. The number of allylic oxidation sites excluding steroid dienone is 1. The zero-order valence-electron chi connectivity index (χ0n) is 24.2. The number of aromatic nitrogens is 5. The lowest BCUT2D eigenvalue weighted by Crippen LogP contribution is -2.20. The number of nitrogens with one attached hydrogen (secondary N) is 2. The number of aryl methyl sites for hydroxylation is 2. The summed E-state index contributed by atoms with van der Waals surface area (Å²) in [4.78, 5) is 15.6. The highest BCUT2D eigenvalue weighted by Gasteiger charge is 2.20. The third-order valence-corrected chi connectivity index (χ3v) is 6.48. The molecule has 0 radical (unpaired) electrons. The van der Waals surface area contributed by atoms with Crippen LogP contribution in [0.5, 0.6) is 0 Å². The van der Waals surface area contributed by atoms with Crippen LogP contribution in [0.25, 0.3) is 5.52 Å². The van der Waals surface area contributed by atoms with Crippen LogP contribution in [-0.2, 0) is 11.3 Å². The van der Waals surface area contributed by atoms with Gasteiger partial charge in [-0.05, 0) is 76.9 Å². The summed E-state index contributed by atoms with van der Waals surface area (Å²) in [5, 5.41) is 14.5. The summed E-state index contributed by atoms with van der Waals surface area (Å²) in [7, 11) is 3.59. The van der Waals surface area contributed by atoms with Gasteiger partial charge in [0.1, 0.15) is 11.8 Å². The van der Waals surface area contributed by atoms with Gasteiger partial charge in [0.15, 0.2) is 5.82 Å². The van der Waals surface area contributed by atoms with Crippen LogP contribution in [0.3, 0.4) is 0 Å². The summed E-state index contributed by atoms with van der Waals surface area (Å²) < 4.78 is 3.90. The van der Waals surface area contributed by atoms with Crippen molar-refractivity contribution in [2.45, 2.75) is 59.4 Å². The molecule has 4 rings (SSSR count). The van der Waals surface area contributed by atoms with Gasteiger partial charge in [0.05, 0.1) is 12.7 Å². The lowest BCUT2D eigenvalue weighted by Gasteiger charge is -2.16. The normalized spacial score (nSPS) is 11.1. The van der Waals surface area contributed by atoms with Crippen LogP contribution in [0.4, 0.5) is 5.82 Å². The van der Waals surface area contributed by atoms with E-state index in [9.17, 15) is 4.79 Å². The van der Waals surface area contributed by atoms with E-state index in [1.165, 1.54) is 23.1 Å². The van der Waals surface area contributed by atoms with E-state index < -0.39 is 0 Å². The largest absolute Gasteiger partial charge is 0.382 e. The zero-order valence-corrected chi connectivity index (χ0v) is 24.2. The van der Waals surface area contributed by atoms with E-state index >= 15 is 0 Å². The quantitative estimate of drug-likeness (QED) is 0.272. The molecular weight excluding hydrogens is 488 g/mol. The van der Waals surface area contributed by atoms with E-state index in [2.05, 4.69) is 76.6 Å². The summed E-state index contributed by atoms with van der Waals surface area (Å²) in [6.45, 7) is 13.2. The lowest BCUT2D eigenvalue weighted by molar-refractivity contribution is -0.120. The van der Waals surface area contributed by atoms with Crippen molar-refractivity contribution in [3.63, 3.8) is 0 Å². The molecule has 0 saturated heterocycles. The standard InChI is InChI=1S/C15H24N6O.C12H14N2.C3H6/c1-10-8-12(21-14(10)15(16)19-9-20-21)11(6-7-17-2)4-5-13(22)18-3;1-10-8-13-14(11(10)2)9-12-6-4-3-5-7-12;1-3-2/h8-9,11,17H,4-7H2,1-3H3,(H,18,22)(H2,16,19,20);3-8H,9H2,1-2H3;3H,1H2,2H3. The molecule has 1 atom stereocenters. The second-order valence-electron chi connectivity index (χ2n) is 9.42. The zero-order chi connectivity index (χ0) is 28.8. The average Bonchev–Trinajstić information content (AvgIpc) is 3.44. The van der Waals surface area contributed by atoms with Crippen molar-refractivity contribution in [3.8, 4) is 0 Å². The van der Waals surface area contributed by atoms with Crippen LogP contribution in [0, 0.1) is 20.8 Å². The SMILES string of the molecule is C=CC.CNCCC(CCC(=O)NC)c1cc(C)c2c(N)ncnn12.Cc1cnn(Cc2ccccc2)c1C. The number of nitrogens with two attached hydrogens (primary N) is 1. The number of hydrogen-bond acceptors (Lipinski definition) is 6. The van der Waals surface area contributed by atoms with E-state index in [1.807, 2.05) is 42.4 Å². The number of rotatable bonds is 9. The van der Waals surface area contributed by atoms with Gasteiger partial charge < -0.3 is 16.4 Å². The van der Waals surface area contributed by atoms with Crippen LogP contribution >= 0.6 is 0 Å². The molecule has 1 unspecified atom stereocenters. The third-order valence-electron chi connectivity index (χ3n) is 6.48. The predicted molar refractivity (Wildman–Crippen MR) is 160 cm³/mol. The number of nitrogens with zero attached hydrogens (tertiary/aromatic N) is 5. The van der Waals surface area contributed by atoms with E-state index in [0.717, 1.165) is 42.7 Å². The third kappa shape index (κ3) is 9.07. The highest BCUT2D eigenvalue weighted by molar-refractivity contribution is 5.75. The van der Waals surface area contributed by atoms with Gasteiger partial charge in [-0.3, -0.25) is 9.48 Å². The van der Waals surface area contributed by atoms with Gasteiger partial charge in [0.25, 0.3) is 0 Å². The Hall–Kier alpha value is -3.98. The predicted octanol–water partition coefficient (Wildman–Crippen LogP) is 4.58. The number of carbonyl (C=O) groups is 1. The summed E-state index contributed by atoms with van der Waals surface area (Å²) in [6, 6.07) is 12.5. The van der Waals surface area contributed by atoms with Crippen molar-refractivity contribution in [1.82, 2.24) is 35.0 Å². The van der Waals surface area contributed by atoms with Crippen LogP contribution in [0.1, 0.15) is 60.2 Å². The minimum Gasteiger partial charge on any atom is -0.382 e. The molecule has 3 aromatic heterocycles. The van der Waals surface area contributed by atoms with Crippen LogP contribution in [0.2, 0.25) is 0 Å². The molecule has 0 aliphatic rings. The molecule has 0 saturated carbocycles. The van der Waals surface area contributed by atoms with Gasteiger partial charge in [-0.25, -0.2) is 9.50 Å². The summed E-state index contributed by atoms with van der Waals surface area (Å²) in [5.74, 6) is 0.777. The fourth-order valence-electron chi connectivity index (χ4n) is 4.22. The number of carbonyl (C=O) groups excluding carboxylic acids is 1. The van der Waals surface area contributed by atoms with E-state index in [4.69, 9.17) is 5.73 Å². The Balaban J connectivity index is 0.000000268. The highest BCUT2D eigenvalue weighted by atomic mass is 16.1. The molecule has 9 heteroatoms. The Morgan fingerprint density at radius 1 is 1.10 bits per heavy atom. The monoisotopic (exact) mass is 532 g/mol. The molecule has 9 nitrogen and oxygen atoms in total. The number of benzene rings is 1. The van der Waals surface area contributed by atoms with Crippen molar-refractivity contribution in [2.75, 3.05) is 26.4 Å². The molecule has 0 aliphatic heterocycles. The maximum atomic E-state index is 11.6. The van der Waals surface area contributed by atoms with Gasteiger partial charge in [-0.15, -0.1) is 6.58 Å². The molecule has 39 heavy (non-hydrogen) atoms. The van der Waals surface area contributed by atoms with Crippen molar-refractivity contribution < 1.29 is 4.79 Å². The van der Waals surface area contributed by atoms with Gasteiger partial charge >= 0.3 is 0 Å². The number of amides is 1. The Morgan fingerprint density at radius 3 is 2.38 bits per heavy atom. The summed E-state index contributed by atoms with van der Waals surface area (Å²) >= 11 is 0. The van der Waals surface area contributed by atoms with Crippen LogP contribution in [0.15, 0.2) is 61.6 Å². The average molecular weight is 533 g/mol. The molecule has 3 heterocycles. The number of hydrogen-bond donors (Lipinski definition) is 3. The molecule has 1 aromatic carbocycles. The van der Waals surface area contributed by atoms with E-state index in [0.29, 0.717) is 12.2 Å². The van der Waals surface area contributed by atoms with E-state index in [-0.39, 0.29) is 11.8 Å². The number of nitrogen functional groups attached to an aromatic ring is 1. The Bertz CT molecular complexity index is 1310. The molecule has 210 valence electrons. The van der Waals surface area contributed by atoms with Crippen LogP contribution in [-0.4, -0.2) is 50.9 Å². The molecule has 0 spiro atoms. The Labute approximate surface area is 232 Å². The first-order chi connectivity index (χ1) is 18.8. The minimum atomic E-state index is 0.0566. The number of anilines is 1.